The minimum absolute atomic E-state index is 0.152. The van der Waals surface area contributed by atoms with E-state index in [1.807, 2.05) is 97.1 Å². The SMILES string of the molecule is C=CC[C@H](CC(=O)N[C@@H](CO)Cc1ccccc1)C(=O)N[C@@H](COC(=O)[C@H](CC=C)Cc1ccccc1)C(=O)Nc1ccc2ccccc2c1. The van der Waals surface area contributed by atoms with Gasteiger partial charge in [-0.25, -0.2) is 0 Å². The summed E-state index contributed by atoms with van der Waals surface area (Å²) in [7, 11) is 0. The van der Waals surface area contributed by atoms with Crippen LogP contribution in [0.25, 0.3) is 10.8 Å². The van der Waals surface area contributed by atoms with E-state index in [1.165, 1.54) is 6.08 Å². The lowest BCUT2D eigenvalue weighted by molar-refractivity contribution is -0.150. The van der Waals surface area contributed by atoms with Crippen molar-refractivity contribution >= 4 is 40.2 Å². The molecule has 0 saturated carbocycles. The number of hydrogen-bond acceptors (Lipinski definition) is 6. The number of hydrogen-bond donors (Lipinski definition) is 4. The maximum atomic E-state index is 13.7. The van der Waals surface area contributed by atoms with Gasteiger partial charge < -0.3 is 25.8 Å². The van der Waals surface area contributed by atoms with Gasteiger partial charge in [0.2, 0.25) is 11.8 Å². The van der Waals surface area contributed by atoms with Crippen molar-refractivity contribution in [3.8, 4) is 0 Å². The van der Waals surface area contributed by atoms with E-state index in [2.05, 4.69) is 29.1 Å². The molecule has 9 heteroatoms. The minimum atomic E-state index is -1.27. The summed E-state index contributed by atoms with van der Waals surface area (Å²) in [6.07, 6.45) is 4.32. The molecule has 0 aliphatic rings. The third-order valence-corrected chi connectivity index (χ3v) is 8.32. The lowest BCUT2D eigenvalue weighted by Gasteiger charge is -2.23. The van der Waals surface area contributed by atoms with Crippen LogP contribution in [0.4, 0.5) is 5.69 Å². The highest BCUT2D eigenvalue weighted by Gasteiger charge is 2.30. The van der Waals surface area contributed by atoms with Crippen LogP contribution in [0.2, 0.25) is 0 Å². The van der Waals surface area contributed by atoms with Crippen LogP contribution in [0.5, 0.6) is 0 Å². The van der Waals surface area contributed by atoms with Crippen molar-refractivity contribution in [2.45, 2.75) is 44.2 Å². The molecule has 260 valence electrons. The monoisotopic (exact) mass is 675 g/mol. The Labute approximate surface area is 293 Å². The van der Waals surface area contributed by atoms with Crippen LogP contribution < -0.4 is 16.0 Å². The van der Waals surface area contributed by atoms with Crippen molar-refractivity contribution in [2.24, 2.45) is 11.8 Å². The van der Waals surface area contributed by atoms with Gasteiger partial charge in [0, 0.05) is 12.1 Å². The Morgan fingerprint density at radius 3 is 1.94 bits per heavy atom. The van der Waals surface area contributed by atoms with E-state index in [9.17, 15) is 24.3 Å². The number of aliphatic hydroxyl groups is 1. The summed E-state index contributed by atoms with van der Waals surface area (Å²) < 4.78 is 5.68. The Bertz CT molecular complexity index is 1740. The number of benzene rings is 4. The van der Waals surface area contributed by atoms with E-state index in [0.29, 0.717) is 24.9 Å². The molecule has 9 nitrogen and oxygen atoms in total. The molecule has 0 aliphatic carbocycles. The molecule has 0 aliphatic heterocycles. The summed E-state index contributed by atoms with van der Waals surface area (Å²) in [5.41, 5.74) is 2.40. The molecule has 4 aromatic rings. The molecule has 0 heterocycles. The van der Waals surface area contributed by atoms with E-state index in [4.69, 9.17) is 4.74 Å². The molecule has 4 aromatic carbocycles. The van der Waals surface area contributed by atoms with E-state index in [0.717, 1.165) is 21.9 Å². The van der Waals surface area contributed by atoms with E-state index >= 15 is 0 Å². The number of rotatable bonds is 19. The molecule has 0 aromatic heterocycles. The molecule has 0 spiro atoms. The Morgan fingerprint density at radius 2 is 1.30 bits per heavy atom. The summed E-state index contributed by atoms with van der Waals surface area (Å²) in [5.74, 6) is -3.54. The number of carbonyl (C=O) groups is 4. The van der Waals surface area contributed by atoms with Gasteiger partial charge in [-0.1, -0.05) is 103 Å². The second-order valence-electron chi connectivity index (χ2n) is 12.2. The van der Waals surface area contributed by atoms with Gasteiger partial charge >= 0.3 is 5.97 Å². The maximum Gasteiger partial charge on any atom is 0.309 e. The Balaban J connectivity index is 1.47. The van der Waals surface area contributed by atoms with Gasteiger partial charge in [0.05, 0.1) is 24.5 Å². The number of esters is 1. The van der Waals surface area contributed by atoms with Crippen molar-refractivity contribution in [2.75, 3.05) is 18.5 Å². The van der Waals surface area contributed by atoms with Crippen LogP contribution in [0.3, 0.4) is 0 Å². The fraction of sp³-hybridized carbons (Fsp3) is 0.268. The van der Waals surface area contributed by atoms with E-state index in [1.54, 1.807) is 12.1 Å². The van der Waals surface area contributed by atoms with E-state index < -0.39 is 54.2 Å². The zero-order valence-corrected chi connectivity index (χ0v) is 28.1. The van der Waals surface area contributed by atoms with Crippen molar-refractivity contribution in [3.63, 3.8) is 0 Å². The number of anilines is 1. The van der Waals surface area contributed by atoms with Gasteiger partial charge in [-0.05, 0) is 59.7 Å². The van der Waals surface area contributed by atoms with Crippen molar-refractivity contribution < 1.29 is 29.0 Å². The number of fused-ring (bicyclic) bond motifs is 1. The standard InChI is InChI=1S/C41H45N3O6/c1-3-13-33(26-38(46)42-36(27-45)24-30-17-9-6-10-18-30)39(47)44-37(40(48)43-35-22-21-31-19-11-12-20-32(31)25-35)28-50-41(49)34(14-4-2)23-29-15-7-5-8-16-29/h3-12,15-22,25,33-34,36-37,45H,1-2,13-14,23-24,26-28H2,(H,42,46)(H,43,48)(H,44,47)/t33-,34-,36-,37+/m1/s1. The lowest BCUT2D eigenvalue weighted by atomic mass is 9.96. The highest BCUT2D eigenvalue weighted by molar-refractivity contribution is 5.99. The Kier molecular flexibility index (Phi) is 14.5. The third kappa shape index (κ3) is 11.6. The van der Waals surface area contributed by atoms with Crippen molar-refractivity contribution in [1.29, 1.82) is 0 Å². The highest BCUT2D eigenvalue weighted by Crippen LogP contribution is 2.20. The summed E-state index contributed by atoms with van der Waals surface area (Å²) in [4.78, 5) is 53.7. The topological polar surface area (TPSA) is 134 Å². The summed E-state index contributed by atoms with van der Waals surface area (Å²) >= 11 is 0. The third-order valence-electron chi connectivity index (χ3n) is 8.32. The largest absolute Gasteiger partial charge is 0.463 e. The predicted molar refractivity (Wildman–Crippen MR) is 196 cm³/mol. The molecular formula is C41H45N3O6. The molecule has 4 atom stereocenters. The molecule has 0 fully saturated rings. The first-order valence-electron chi connectivity index (χ1n) is 16.8. The quantitative estimate of drug-likeness (QED) is 0.0762. The fourth-order valence-corrected chi connectivity index (χ4v) is 5.67. The molecule has 3 amide bonds. The maximum absolute atomic E-state index is 13.7. The van der Waals surface area contributed by atoms with Crippen LogP contribution in [-0.4, -0.2) is 54.1 Å². The van der Waals surface area contributed by atoms with E-state index in [-0.39, 0.29) is 19.4 Å². The van der Waals surface area contributed by atoms with Crippen molar-refractivity contribution in [3.05, 3.63) is 140 Å². The molecule has 0 radical (unpaired) electrons. The average molecular weight is 676 g/mol. The first kappa shape index (κ1) is 37.3. The van der Waals surface area contributed by atoms with Gasteiger partial charge in [-0.15, -0.1) is 13.2 Å². The van der Waals surface area contributed by atoms with Crippen LogP contribution in [0, 0.1) is 11.8 Å². The molecular weight excluding hydrogens is 630 g/mol. The second-order valence-corrected chi connectivity index (χ2v) is 12.2. The first-order valence-corrected chi connectivity index (χ1v) is 16.8. The van der Waals surface area contributed by atoms with Gasteiger partial charge in [0.15, 0.2) is 0 Å². The van der Waals surface area contributed by atoms with Gasteiger partial charge in [0.1, 0.15) is 12.6 Å². The number of allylic oxidation sites excluding steroid dienone is 2. The fourth-order valence-electron chi connectivity index (χ4n) is 5.67. The second kappa shape index (κ2) is 19.5. The Morgan fingerprint density at radius 1 is 0.700 bits per heavy atom. The average Bonchev–Trinajstić information content (AvgIpc) is 3.13. The van der Waals surface area contributed by atoms with Gasteiger partial charge in [-0.2, -0.15) is 0 Å². The molecule has 4 rings (SSSR count). The molecule has 0 bridgehead atoms. The summed E-state index contributed by atoms with van der Waals surface area (Å²) in [5, 5.41) is 20.2. The molecule has 0 unspecified atom stereocenters. The van der Waals surface area contributed by atoms with Crippen LogP contribution >= 0.6 is 0 Å². The number of aliphatic hydroxyl groups excluding tert-OH is 1. The number of ether oxygens (including phenoxy) is 1. The number of nitrogens with one attached hydrogen (secondary N) is 3. The van der Waals surface area contributed by atoms with Gasteiger partial charge in [-0.3, -0.25) is 19.2 Å². The normalized spacial score (nSPS) is 13.2. The van der Waals surface area contributed by atoms with Crippen LogP contribution in [0.1, 0.15) is 30.4 Å². The lowest BCUT2D eigenvalue weighted by Crippen LogP contribution is -2.50. The molecule has 0 saturated heterocycles. The first-order chi connectivity index (χ1) is 24.3. The zero-order valence-electron chi connectivity index (χ0n) is 28.1. The number of carbonyl (C=O) groups excluding carboxylic acids is 4. The predicted octanol–water partition coefficient (Wildman–Crippen LogP) is 5.54. The molecule has 50 heavy (non-hydrogen) atoms. The number of amides is 3. The Hall–Kier alpha value is -5.54. The zero-order chi connectivity index (χ0) is 35.7. The summed E-state index contributed by atoms with van der Waals surface area (Å²) in [6.45, 7) is 6.81. The van der Waals surface area contributed by atoms with Crippen molar-refractivity contribution in [1.82, 2.24) is 10.6 Å². The van der Waals surface area contributed by atoms with Gasteiger partial charge in [0.25, 0.3) is 5.91 Å². The van der Waals surface area contributed by atoms with Crippen LogP contribution in [0.15, 0.2) is 128 Å². The molecule has 4 N–H and O–H groups in total. The highest BCUT2D eigenvalue weighted by atomic mass is 16.5. The minimum Gasteiger partial charge on any atom is -0.463 e. The smallest absolute Gasteiger partial charge is 0.309 e. The summed E-state index contributed by atoms with van der Waals surface area (Å²) in [6, 6.07) is 30.3. The van der Waals surface area contributed by atoms with Crippen LogP contribution in [-0.2, 0) is 36.8 Å².